The summed E-state index contributed by atoms with van der Waals surface area (Å²) in [6.07, 6.45) is 0. The smallest absolute Gasteiger partial charge is 0.131 e. The van der Waals surface area contributed by atoms with Crippen LogP contribution in [0.25, 0.3) is 20.9 Å². The van der Waals surface area contributed by atoms with E-state index in [1.165, 1.54) is 23.5 Å². The van der Waals surface area contributed by atoms with Crippen LogP contribution in [0.2, 0.25) is 0 Å². The highest BCUT2D eigenvalue weighted by atomic mass is 32.1. The van der Waals surface area contributed by atoms with E-state index in [9.17, 15) is 8.78 Å². The standard InChI is InChI=1S/C16H10F2S/c17-13-7-3-1-5-11(13)15-9-10-16(19-15)12-6-2-4-8-14(12)18/h1-10H. The molecule has 94 valence electrons. The fourth-order valence-electron chi connectivity index (χ4n) is 1.95. The first-order valence-corrected chi connectivity index (χ1v) is 6.67. The zero-order valence-corrected chi connectivity index (χ0v) is 10.8. The molecule has 0 nitrogen and oxygen atoms in total. The van der Waals surface area contributed by atoms with E-state index in [1.54, 1.807) is 36.4 Å². The van der Waals surface area contributed by atoms with Crippen LogP contribution in [0.1, 0.15) is 0 Å². The van der Waals surface area contributed by atoms with Crippen molar-refractivity contribution in [1.29, 1.82) is 0 Å². The van der Waals surface area contributed by atoms with Crippen molar-refractivity contribution in [2.75, 3.05) is 0 Å². The van der Waals surface area contributed by atoms with Gasteiger partial charge in [-0.3, -0.25) is 0 Å². The molecule has 0 amide bonds. The van der Waals surface area contributed by atoms with Crippen LogP contribution in [0, 0.1) is 11.6 Å². The van der Waals surface area contributed by atoms with E-state index in [2.05, 4.69) is 0 Å². The zero-order chi connectivity index (χ0) is 13.2. The summed E-state index contributed by atoms with van der Waals surface area (Å²) in [7, 11) is 0. The molecule has 2 aromatic carbocycles. The van der Waals surface area contributed by atoms with Gasteiger partial charge in [0.15, 0.2) is 0 Å². The summed E-state index contributed by atoms with van der Waals surface area (Å²) in [5.74, 6) is -0.520. The van der Waals surface area contributed by atoms with E-state index in [-0.39, 0.29) is 11.6 Å². The number of rotatable bonds is 2. The molecule has 0 unspecified atom stereocenters. The van der Waals surface area contributed by atoms with Crippen molar-refractivity contribution in [3.05, 3.63) is 72.3 Å². The average molecular weight is 272 g/mol. The van der Waals surface area contributed by atoms with Crippen LogP contribution in [0.15, 0.2) is 60.7 Å². The Bertz CT molecular complexity index is 656. The molecule has 0 aliphatic rings. The van der Waals surface area contributed by atoms with Crippen LogP contribution in [-0.4, -0.2) is 0 Å². The summed E-state index contributed by atoms with van der Waals surface area (Å²) < 4.78 is 27.4. The van der Waals surface area contributed by atoms with Gasteiger partial charge in [-0.15, -0.1) is 11.3 Å². The molecule has 0 fully saturated rings. The topological polar surface area (TPSA) is 0 Å². The molecule has 1 aromatic heterocycles. The Morgan fingerprint density at radius 3 is 1.42 bits per heavy atom. The van der Waals surface area contributed by atoms with Crippen molar-refractivity contribution in [3.8, 4) is 20.9 Å². The highest BCUT2D eigenvalue weighted by molar-refractivity contribution is 7.18. The van der Waals surface area contributed by atoms with Gasteiger partial charge in [0.05, 0.1) is 0 Å². The van der Waals surface area contributed by atoms with E-state index in [0.29, 0.717) is 11.1 Å². The lowest BCUT2D eigenvalue weighted by atomic mass is 10.1. The first kappa shape index (κ1) is 12.1. The van der Waals surface area contributed by atoms with E-state index in [4.69, 9.17) is 0 Å². The van der Waals surface area contributed by atoms with Crippen molar-refractivity contribution in [3.63, 3.8) is 0 Å². The summed E-state index contributed by atoms with van der Waals surface area (Å²) >= 11 is 1.39. The molecular formula is C16H10F2S. The van der Waals surface area contributed by atoms with Crippen molar-refractivity contribution >= 4 is 11.3 Å². The quantitative estimate of drug-likeness (QED) is 0.589. The predicted molar refractivity (Wildman–Crippen MR) is 75.1 cm³/mol. The molecule has 3 aromatic rings. The average Bonchev–Trinajstić information content (AvgIpc) is 2.89. The van der Waals surface area contributed by atoms with Crippen LogP contribution in [0.3, 0.4) is 0 Å². The van der Waals surface area contributed by atoms with Crippen molar-refractivity contribution in [2.24, 2.45) is 0 Å². The SMILES string of the molecule is Fc1ccccc1-c1ccc(-c2ccccc2F)s1. The number of halogens is 2. The lowest BCUT2D eigenvalue weighted by molar-refractivity contribution is 0.631. The number of hydrogen-bond acceptors (Lipinski definition) is 1. The molecule has 1 heterocycles. The lowest BCUT2D eigenvalue weighted by Crippen LogP contribution is -1.79. The van der Waals surface area contributed by atoms with Crippen LogP contribution in [-0.2, 0) is 0 Å². The molecule has 3 rings (SSSR count). The largest absolute Gasteiger partial charge is 0.206 e. The van der Waals surface area contributed by atoms with Gasteiger partial charge in [0, 0.05) is 20.9 Å². The Kier molecular flexibility index (Phi) is 3.13. The predicted octanol–water partition coefficient (Wildman–Crippen LogP) is 5.36. The van der Waals surface area contributed by atoms with Gasteiger partial charge >= 0.3 is 0 Å². The minimum atomic E-state index is -0.260. The van der Waals surface area contributed by atoms with Gasteiger partial charge in [-0.25, -0.2) is 8.78 Å². The first-order valence-electron chi connectivity index (χ1n) is 5.85. The fourth-order valence-corrected chi connectivity index (χ4v) is 3.01. The second-order valence-electron chi connectivity index (χ2n) is 4.12. The van der Waals surface area contributed by atoms with E-state index >= 15 is 0 Å². The summed E-state index contributed by atoms with van der Waals surface area (Å²) in [5.41, 5.74) is 1.10. The molecule has 0 radical (unpaired) electrons. The molecule has 3 heteroatoms. The molecule has 0 N–H and O–H groups in total. The van der Waals surface area contributed by atoms with Gasteiger partial charge in [0.2, 0.25) is 0 Å². The number of benzene rings is 2. The van der Waals surface area contributed by atoms with Gasteiger partial charge in [0.25, 0.3) is 0 Å². The maximum atomic E-state index is 13.7. The third-order valence-corrected chi connectivity index (χ3v) is 4.04. The van der Waals surface area contributed by atoms with E-state index in [0.717, 1.165) is 9.75 Å². The van der Waals surface area contributed by atoms with Crippen molar-refractivity contribution in [2.45, 2.75) is 0 Å². The molecule has 0 saturated carbocycles. The second-order valence-corrected chi connectivity index (χ2v) is 5.21. The van der Waals surface area contributed by atoms with E-state index < -0.39 is 0 Å². The Labute approximate surface area is 114 Å². The fraction of sp³-hybridized carbons (Fsp3) is 0. The molecule has 0 spiro atoms. The molecule has 0 saturated heterocycles. The summed E-state index contributed by atoms with van der Waals surface area (Å²) in [6.45, 7) is 0. The summed E-state index contributed by atoms with van der Waals surface area (Å²) in [5, 5.41) is 0. The van der Waals surface area contributed by atoms with Gasteiger partial charge in [-0.2, -0.15) is 0 Å². The molecule has 19 heavy (non-hydrogen) atoms. The summed E-state index contributed by atoms with van der Waals surface area (Å²) in [6, 6.07) is 16.9. The van der Waals surface area contributed by atoms with Gasteiger partial charge in [-0.1, -0.05) is 36.4 Å². The monoisotopic (exact) mass is 272 g/mol. The van der Waals surface area contributed by atoms with Gasteiger partial charge < -0.3 is 0 Å². The number of thiophene rings is 1. The van der Waals surface area contributed by atoms with Crippen LogP contribution in [0.5, 0.6) is 0 Å². The maximum absolute atomic E-state index is 13.7. The lowest BCUT2D eigenvalue weighted by Gasteiger charge is -2.00. The van der Waals surface area contributed by atoms with Gasteiger partial charge in [0.1, 0.15) is 11.6 Å². The Morgan fingerprint density at radius 2 is 1.00 bits per heavy atom. The normalized spacial score (nSPS) is 10.6. The second kappa shape index (κ2) is 4.94. The highest BCUT2D eigenvalue weighted by Gasteiger charge is 2.10. The van der Waals surface area contributed by atoms with Crippen LogP contribution < -0.4 is 0 Å². The van der Waals surface area contributed by atoms with Crippen LogP contribution >= 0.6 is 11.3 Å². The molecule has 0 atom stereocenters. The zero-order valence-electron chi connectivity index (χ0n) is 9.94. The molecule has 0 aliphatic heterocycles. The molecule has 0 aliphatic carbocycles. The Balaban J connectivity index is 2.06. The maximum Gasteiger partial charge on any atom is 0.131 e. The van der Waals surface area contributed by atoms with Crippen LogP contribution in [0.4, 0.5) is 8.78 Å². The highest BCUT2D eigenvalue weighted by Crippen LogP contribution is 2.36. The molecular weight excluding hydrogens is 262 g/mol. The summed E-state index contributed by atoms with van der Waals surface area (Å²) in [4.78, 5) is 1.60. The van der Waals surface area contributed by atoms with Crippen molar-refractivity contribution < 1.29 is 8.78 Å². The van der Waals surface area contributed by atoms with E-state index in [1.807, 2.05) is 12.1 Å². The minimum absolute atomic E-state index is 0.260. The third-order valence-electron chi connectivity index (χ3n) is 2.88. The minimum Gasteiger partial charge on any atom is -0.206 e. The van der Waals surface area contributed by atoms with Gasteiger partial charge in [-0.05, 0) is 24.3 Å². The Morgan fingerprint density at radius 1 is 0.579 bits per heavy atom. The Hall–Kier alpha value is -2.00. The molecule has 0 bridgehead atoms. The van der Waals surface area contributed by atoms with Crippen molar-refractivity contribution in [1.82, 2.24) is 0 Å². The first-order chi connectivity index (χ1) is 9.25. The number of hydrogen-bond donors (Lipinski definition) is 0. The third kappa shape index (κ3) is 2.29.